The first-order valence-electron chi connectivity index (χ1n) is 9.30. The molecule has 26 heavy (non-hydrogen) atoms. The van der Waals surface area contributed by atoms with E-state index in [1.54, 1.807) is 24.5 Å². The van der Waals surface area contributed by atoms with Crippen LogP contribution in [0.3, 0.4) is 0 Å². The van der Waals surface area contributed by atoms with Crippen molar-refractivity contribution in [2.45, 2.75) is 31.7 Å². The quantitative estimate of drug-likeness (QED) is 0.847. The summed E-state index contributed by atoms with van der Waals surface area (Å²) >= 11 is 0. The van der Waals surface area contributed by atoms with Gasteiger partial charge in [-0.1, -0.05) is 6.07 Å². The van der Waals surface area contributed by atoms with Crippen LogP contribution < -0.4 is 0 Å². The normalized spacial score (nSPS) is 20.7. The van der Waals surface area contributed by atoms with E-state index in [1.807, 2.05) is 4.90 Å². The highest BCUT2D eigenvalue weighted by Gasteiger charge is 2.32. The van der Waals surface area contributed by atoms with Gasteiger partial charge in [0.25, 0.3) is 5.91 Å². The molecule has 4 rings (SSSR count). The van der Waals surface area contributed by atoms with E-state index in [0.717, 1.165) is 38.0 Å². The van der Waals surface area contributed by atoms with Gasteiger partial charge in [-0.25, -0.2) is 14.4 Å². The number of halogens is 1. The van der Waals surface area contributed by atoms with E-state index in [0.29, 0.717) is 12.1 Å². The van der Waals surface area contributed by atoms with E-state index in [1.165, 1.54) is 25.2 Å². The second kappa shape index (κ2) is 7.50. The number of benzene rings is 1. The predicted molar refractivity (Wildman–Crippen MR) is 97.2 cm³/mol. The summed E-state index contributed by atoms with van der Waals surface area (Å²) in [5, 5.41) is 0. The summed E-state index contributed by atoms with van der Waals surface area (Å²) in [7, 11) is 0. The van der Waals surface area contributed by atoms with E-state index in [2.05, 4.69) is 14.9 Å². The summed E-state index contributed by atoms with van der Waals surface area (Å²) < 4.78 is 14.7. The fraction of sp³-hybridized carbons (Fsp3) is 0.450. The van der Waals surface area contributed by atoms with Crippen molar-refractivity contribution in [1.82, 2.24) is 19.8 Å². The summed E-state index contributed by atoms with van der Waals surface area (Å²) in [6, 6.07) is 4.95. The first kappa shape index (κ1) is 17.1. The first-order chi connectivity index (χ1) is 12.7. The van der Waals surface area contributed by atoms with Crippen molar-refractivity contribution in [2.24, 2.45) is 0 Å². The third-order valence-electron chi connectivity index (χ3n) is 5.40. The highest BCUT2D eigenvalue weighted by Crippen LogP contribution is 2.26. The third-order valence-corrected chi connectivity index (χ3v) is 5.40. The molecule has 1 atom stereocenters. The van der Waals surface area contributed by atoms with Crippen LogP contribution in [0.5, 0.6) is 0 Å². The van der Waals surface area contributed by atoms with Gasteiger partial charge in [0.1, 0.15) is 12.1 Å². The Bertz CT molecular complexity index is 777. The molecule has 2 aliphatic heterocycles. The van der Waals surface area contributed by atoms with Gasteiger partial charge in [-0.3, -0.25) is 4.79 Å². The standard InChI is InChI=1S/C20H23FN4O/c21-19-10-15(16-11-22-14-23-12-16)5-6-18(19)20(26)25-9-3-4-17(25)13-24-7-1-2-8-24/h5-6,10-12,14,17H,1-4,7-9,13H2. The maximum absolute atomic E-state index is 14.7. The summed E-state index contributed by atoms with van der Waals surface area (Å²) in [6.45, 7) is 3.85. The number of hydrogen-bond donors (Lipinski definition) is 0. The van der Waals surface area contributed by atoms with Crippen molar-refractivity contribution in [2.75, 3.05) is 26.2 Å². The Balaban J connectivity index is 1.52. The monoisotopic (exact) mass is 354 g/mol. The molecule has 0 bridgehead atoms. The van der Waals surface area contributed by atoms with Crippen LogP contribution in [0, 0.1) is 5.82 Å². The Kier molecular flexibility index (Phi) is 4.93. The van der Waals surface area contributed by atoms with E-state index in [4.69, 9.17) is 0 Å². The van der Waals surface area contributed by atoms with Gasteiger partial charge in [-0.05, 0) is 56.5 Å². The van der Waals surface area contributed by atoms with Crippen LogP contribution in [-0.4, -0.2) is 57.9 Å². The summed E-state index contributed by atoms with van der Waals surface area (Å²) in [6.07, 6.45) is 9.17. The molecule has 0 spiro atoms. The number of nitrogens with zero attached hydrogens (tertiary/aromatic N) is 4. The van der Waals surface area contributed by atoms with Crippen LogP contribution in [0.4, 0.5) is 4.39 Å². The van der Waals surface area contributed by atoms with E-state index >= 15 is 0 Å². The number of likely N-dealkylation sites (tertiary alicyclic amines) is 2. The molecule has 1 amide bonds. The van der Waals surface area contributed by atoms with Crippen molar-refractivity contribution in [1.29, 1.82) is 0 Å². The zero-order valence-corrected chi connectivity index (χ0v) is 14.8. The van der Waals surface area contributed by atoms with Crippen LogP contribution >= 0.6 is 0 Å². The molecule has 2 aliphatic rings. The maximum Gasteiger partial charge on any atom is 0.257 e. The molecule has 0 radical (unpaired) electrons. The van der Waals surface area contributed by atoms with Gasteiger partial charge in [-0.15, -0.1) is 0 Å². The predicted octanol–water partition coefficient (Wildman–Crippen LogP) is 2.98. The Hall–Kier alpha value is -2.34. The largest absolute Gasteiger partial charge is 0.334 e. The lowest BCUT2D eigenvalue weighted by Crippen LogP contribution is -2.42. The molecule has 2 fully saturated rings. The summed E-state index contributed by atoms with van der Waals surface area (Å²) in [5.41, 5.74) is 1.56. The van der Waals surface area contributed by atoms with Gasteiger partial charge >= 0.3 is 0 Å². The van der Waals surface area contributed by atoms with Crippen LogP contribution in [0.2, 0.25) is 0 Å². The van der Waals surface area contributed by atoms with Crippen molar-refractivity contribution in [3.05, 3.63) is 48.3 Å². The molecular weight excluding hydrogens is 331 g/mol. The maximum atomic E-state index is 14.7. The molecule has 0 saturated carbocycles. The lowest BCUT2D eigenvalue weighted by atomic mass is 10.0. The van der Waals surface area contributed by atoms with Gasteiger partial charge in [0, 0.05) is 37.1 Å². The lowest BCUT2D eigenvalue weighted by molar-refractivity contribution is 0.0704. The number of rotatable bonds is 4. The average Bonchev–Trinajstić information content (AvgIpc) is 3.34. The molecule has 2 aromatic rings. The minimum atomic E-state index is -0.483. The third kappa shape index (κ3) is 3.46. The Labute approximate surface area is 152 Å². The minimum absolute atomic E-state index is 0.152. The molecule has 5 nitrogen and oxygen atoms in total. The first-order valence-corrected chi connectivity index (χ1v) is 9.30. The molecule has 3 heterocycles. The highest BCUT2D eigenvalue weighted by atomic mass is 19.1. The average molecular weight is 354 g/mol. The number of carbonyl (C=O) groups is 1. The molecule has 6 heteroatoms. The van der Waals surface area contributed by atoms with Gasteiger partial charge < -0.3 is 9.80 Å². The molecule has 1 aromatic heterocycles. The SMILES string of the molecule is O=C(c1ccc(-c2cncnc2)cc1F)N1CCCC1CN1CCCC1. The molecule has 136 valence electrons. The summed E-state index contributed by atoms with van der Waals surface area (Å²) in [5.74, 6) is -0.678. The van der Waals surface area contributed by atoms with Crippen molar-refractivity contribution in [3.8, 4) is 11.1 Å². The van der Waals surface area contributed by atoms with Crippen molar-refractivity contribution < 1.29 is 9.18 Å². The molecule has 0 aliphatic carbocycles. The van der Waals surface area contributed by atoms with E-state index < -0.39 is 5.82 Å². The van der Waals surface area contributed by atoms with Crippen LogP contribution in [0.1, 0.15) is 36.0 Å². The fourth-order valence-electron chi connectivity index (χ4n) is 4.03. The molecule has 1 unspecified atom stereocenters. The highest BCUT2D eigenvalue weighted by molar-refractivity contribution is 5.95. The van der Waals surface area contributed by atoms with E-state index in [9.17, 15) is 9.18 Å². The van der Waals surface area contributed by atoms with Gasteiger partial charge in [-0.2, -0.15) is 0 Å². The van der Waals surface area contributed by atoms with Gasteiger partial charge in [0.2, 0.25) is 0 Å². The number of aromatic nitrogens is 2. The number of amides is 1. The summed E-state index contributed by atoms with van der Waals surface area (Å²) in [4.78, 5) is 25.1. The van der Waals surface area contributed by atoms with E-state index in [-0.39, 0.29) is 17.5 Å². The smallest absolute Gasteiger partial charge is 0.257 e. The molecular formula is C20H23FN4O. The van der Waals surface area contributed by atoms with Gasteiger partial charge in [0.15, 0.2) is 0 Å². The van der Waals surface area contributed by atoms with Crippen molar-refractivity contribution >= 4 is 5.91 Å². The Morgan fingerprint density at radius 1 is 1.08 bits per heavy atom. The zero-order chi connectivity index (χ0) is 17.9. The Morgan fingerprint density at radius 2 is 1.85 bits per heavy atom. The molecule has 0 N–H and O–H groups in total. The van der Waals surface area contributed by atoms with Crippen LogP contribution in [-0.2, 0) is 0 Å². The second-order valence-corrected chi connectivity index (χ2v) is 7.12. The fourth-order valence-corrected chi connectivity index (χ4v) is 4.03. The minimum Gasteiger partial charge on any atom is -0.334 e. The lowest BCUT2D eigenvalue weighted by Gasteiger charge is -2.28. The number of carbonyl (C=O) groups excluding carboxylic acids is 1. The van der Waals surface area contributed by atoms with Crippen molar-refractivity contribution in [3.63, 3.8) is 0 Å². The van der Waals surface area contributed by atoms with Crippen LogP contribution in [0.15, 0.2) is 36.9 Å². The topological polar surface area (TPSA) is 49.3 Å². The molecule has 1 aromatic carbocycles. The second-order valence-electron chi connectivity index (χ2n) is 7.12. The number of hydrogen-bond acceptors (Lipinski definition) is 4. The molecule has 2 saturated heterocycles. The Morgan fingerprint density at radius 3 is 2.58 bits per heavy atom. The van der Waals surface area contributed by atoms with Crippen LogP contribution in [0.25, 0.3) is 11.1 Å². The van der Waals surface area contributed by atoms with Gasteiger partial charge in [0.05, 0.1) is 5.56 Å². The zero-order valence-electron chi connectivity index (χ0n) is 14.8.